The van der Waals surface area contributed by atoms with Crippen molar-refractivity contribution in [3.05, 3.63) is 35.1 Å². The van der Waals surface area contributed by atoms with Gasteiger partial charge in [-0.15, -0.1) is 0 Å². The lowest BCUT2D eigenvalue weighted by atomic mass is 9.96. The number of aliphatic hydroxyl groups is 1. The summed E-state index contributed by atoms with van der Waals surface area (Å²) in [4.78, 5) is 11.8. The van der Waals surface area contributed by atoms with E-state index in [1.165, 1.54) is 6.07 Å². The van der Waals surface area contributed by atoms with E-state index < -0.39 is 5.60 Å². The monoisotopic (exact) mass is 265 g/mol. The molecule has 1 aliphatic carbocycles. The number of benzene rings is 1. The van der Waals surface area contributed by atoms with Gasteiger partial charge < -0.3 is 10.4 Å². The summed E-state index contributed by atoms with van der Waals surface area (Å²) in [5, 5.41) is 12.9. The Morgan fingerprint density at radius 2 is 2.21 bits per heavy atom. The van der Waals surface area contributed by atoms with Gasteiger partial charge in [0.15, 0.2) is 0 Å². The molecular formula is C15H20FNO2. The first-order valence-corrected chi connectivity index (χ1v) is 6.62. The molecule has 0 aliphatic heterocycles. The Bertz CT molecular complexity index is 481. The van der Waals surface area contributed by atoms with Crippen LogP contribution >= 0.6 is 0 Å². The van der Waals surface area contributed by atoms with Crippen LogP contribution in [0.5, 0.6) is 0 Å². The lowest BCUT2D eigenvalue weighted by Crippen LogP contribution is -2.35. The van der Waals surface area contributed by atoms with Crippen molar-refractivity contribution in [2.45, 2.75) is 45.3 Å². The molecule has 0 bridgehead atoms. The van der Waals surface area contributed by atoms with Gasteiger partial charge in [0.05, 0.1) is 12.0 Å². The number of carbonyl (C=O) groups excluding carboxylic acids is 1. The van der Waals surface area contributed by atoms with E-state index in [1.54, 1.807) is 26.0 Å². The highest BCUT2D eigenvalue weighted by Gasteiger charge is 2.41. The van der Waals surface area contributed by atoms with E-state index in [1.807, 2.05) is 0 Å². The van der Waals surface area contributed by atoms with Gasteiger partial charge in [0.1, 0.15) is 5.82 Å². The number of rotatable bonds is 5. The Morgan fingerprint density at radius 1 is 1.53 bits per heavy atom. The second kappa shape index (κ2) is 5.29. The van der Waals surface area contributed by atoms with Crippen LogP contribution in [0.15, 0.2) is 18.2 Å². The lowest BCUT2D eigenvalue weighted by Gasteiger charge is -2.22. The summed E-state index contributed by atoms with van der Waals surface area (Å²) in [6, 6.07) is 4.77. The maximum atomic E-state index is 13.1. The molecule has 0 radical (unpaired) electrons. The number of carbonyl (C=O) groups is 1. The van der Waals surface area contributed by atoms with E-state index in [4.69, 9.17) is 0 Å². The summed E-state index contributed by atoms with van der Waals surface area (Å²) >= 11 is 0. The van der Waals surface area contributed by atoms with Crippen LogP contribution < -0.4 is 5.32 Å². The average Bonchev–Trinajstić information content (AvgIpc) is 3.14. The normalized spacial score (nSPS) is 17.9. The van der Waals surface area contributed by atoms with Crippen molar-refractivity contribution >= 4 is 5.91 Å². The molecule has 0 saturated heterocycles. The first-order chi connectivity index (χ1) is 8.88. The van der Waals surface area contributed by atoms with Gasteiger partial charge in [-0.2, -0.15) is 0 Å². The topological polar surface area (TPSA) is 49.3 Å². The van der Waals surface area contributed by atoms with E-state index in [0.29, 0.717) is 12.1 Å². The maximum absolute atomic E-state index is 13.1. The molecule has 0 spiro atoms. The molecule has 0 heterocycles. The van der Waals surface area contributed by atoms with Crippen LogP contribution in [0.1, 0.15) is 37.3 Å². The molecule has 1 aromatic carbocycles. The summed E-state index contributed by atoms with van der Waals surface area (Å²) in [6.45, 7) is 3.77. The Hall–Kier alpha value is -1.42. The molecule has 2 N–H and O–H groups in total. The largest absolute Gasteiger partial charge is 0.389 e. The summed E-state index contributed by atoms with van der Waals surface area (Å²) < 4.78 is 13.1. The number of halogens is 1. The van der Waals surface area contributed by atoms with Gasteiger partial charge in [-0.05, 0) is 49.8 Å². The van der Waals surface area contributed by atoms with Crippen LogP contribution in [-0.4, -0.2) is 16.6 Å². The predicted molar refractivity (Wildman–Crippen MR) is 70.9 cm³/mol. The van der Waals surface area contributed by atoms with Crippen LogP contribution in [0.4, 0.5) is 4.39 Å². The molecule has 1 aliphatic rings. The molecule has 1 fully saturated rings. The molecular weight excluding hydrogens is 245 g/mol. The molecule has 0 unspecified atom stereocenters. The number of hydrogen-bond donors (Lipinski definition) is 2. The molecule has 1 saturated carbocycles. The van der Waals surface area contributed by atoms with Gasteiger partial charge in [0.25, 0.3) is 0 Å². The quantitative estimate of drug-likeness (QED) is 0.858. The summed E-state index contributed by atoms with van der Waals surface area (Å²) in [7, 11) is 0. The third-order valence-electron chi connectivity index (χ3n) is 3.69. The smallest absolute Gasteiger partial charge is 0.223 e. The lowest BCUT2D eigenvalue weighted by molar-refractivity contribution is -0.126. The van der Waals surface area contributed by atoms with Gasteiger partial charge in [-0.3, -0.25) is 4.79 Å². The van der Waals surface area contributed by atoms with E-state index in [-0.39, 0.29) is 24.1 Å². The van der Waals surface area contributed by atoms with E-state index in [9.17, 15) is 14.3 Å². The van der Waals surface area contributed by atoms with Crippen LogP contribution in [0.25, 0.3) is 0 Å². The Morgan fingerprint density at radius 3 is 2.79 bits per heavy atom. The highest BCUT2D eigenvalue weighted by atomic mass is 19.1. The number of nitrogens with one attached hydrogen (secondary N) is 1. The zero-order valence-electron chi connectivity index (χ0n) is 11.4. The molecule has 0 aromatic heterocycles. The number of aryl methyl sites for hydroxylation is 1. The van der Waals surface area contributed by atoms with Crippen molar-refractivity contribution in [3.63, 3.8) is 0 Å². The van der Waals surface area contributed by atoms with Crippen molar-refractivity contribution in [1.29, 1.82) is 0 Å². The van der Waals surface area contributed by atoms with Gasteiger partial charge >= 0.3 is 0 Å². The van der Waals surface area contributed by atoms with Crippen LogP contribution in [0.2, 0.25) is 0 Å². The van der Waals surface area contributed by atoms with Crippen molar-refractivity contribution in [2.75, 3.05) is 0 Å². The fourth-order valence-corrected chi connectivity index (χ4v) is 2.25. The van der Waals surface area contributed by atoms with Gasteiger partial charge in [0, 0.05) is 6.54 Å². The van der Waals surface area contributed by atoms with Gasteiger partial charge in [-0.25, -0.2) is 4.39 Å². The minimum atomic E-state index is -0.900. The molecule has 4 heteroatoms. The van der Waals surface area contributed by atoms with Gasteiger partial charge in [0.2, 0.25) is 5.91 Å². The second-order valence-electron chi connectivity index (χ2n) is 5.67. The Balaban J connectivity index is 1.84. The molecule has 1 aromatic rings. The summed E-state index contributed by atoms with van der Waals surface area (Å²) in [5.41, 5.74) is 0.526. The minimum Gasteiger partial charge on any atom is -0.389 e. The highest BCUT2D eigenvalue weighted by Crippen LogP contribution is 2.41. The SMILES string of the molecule is Cc1cc(CNC(=O)C[C@](C)(O)C2CC2)ccc1F. The van der Waals surface area contributed by atoms with Crippen LogP contribution in [0.3, 0.4) is 0 Å². The van der Waals surface area contributed by atoms with Crippen molar-refractivity contribution in [2.24, 2.45) is 5.92 Å². The molecule has 1 amide bonds. The van der Waals surface area contributed by atoms with E-state index in [0.717, 1.165) is 18.4 Å². The molecule has 2 rings (SSSR count). The minimum absolute atomic E-state index is 0.123. The Kier molecular flexibility index (Phi) is 3.90. The van der Waals surface area contributed by atoms with Crippen molar-refractivity contribution in [1.82, 2.24) is 5.32 Å². The van der Waals surface area contributed by atoms with Crippen molar-refractivity contribution in [3.8, 4) is 0 Å². The summed E-state index contributed by atoms with van der Waals surface area (Å²) in [5.74, 6) is -0.156. The third kappa shape index (κ3) is 3.77. The van der Waals surface area contributed by atoms with Crippen LogP contribution in [-0.2, 0) is 11.3 Å². The second-order valence-corrected chi connectivity index (χ2v) is 5.67. The zero-order valence-corrected chi connectivity index (χ0v) is 11.4. The predicted octanol–water partition coefficient (Wildman–Crippen LogP) is 2.30. The first kappa shape index (κ1) is 14.0. The van der Waals surface area contributed by atoms with Gasteiger partial charge in [-0.1, -0.05) is 12.1 Å². The zero-order chi connectivity index (χ0) is 14.0. The van der Waals surface area contributed by atoms with Crippen LogP contribution in [0, 0.1) is 18.7 Å². The molecule has 1 atom stereocenters. The molecule has 3 nitrogen and oxygen atoms in total. The highest BCUT2D eigenvalue weighted by molar-refractivity contribution is 5.77. The first-order valence-electron chi connectivity index (χ1n) is 6.62. The van der Waals surface area contributed by atoms with Crippen molar-refractivity contribution < 1.29 is 14.3 Å². The number of hydrogen-bond acceptors (Lipinski definition) is 2. The molecule has 19 heavy (non-hydrogen) atoms. The fourth-order valence-electron chi connectivity index (χ4n) is 2.25. The van der Waals surface area contributed by atoms with E-state index >= 15 is 0 Å². The Labute approximate surface area is 112 Å². The van der Waals surface area contributed by atoms with E-state index in [2.05, 4.69) is 5.32 Å². The standard InChI is InChI=1S/C15H20FNO2/c1-10-7-11(3-6-13(10)16)9-17-14(18)8-15(2,19)12-4-5-12/h3,6-7,12,19H,4-5,8-9H2,1-2H3,(H,17,18)/t15-/m0/s1. The molecule has 104 valence electrons. The summed E-state index contributed by atoms with van der Waals surface area (Å²) in [6.07, 6.45) is 2.12. The average molecular weight is 265 g/mol. The number of amides is 1. The maximum Gasteiger partial charge on any atom is 0.223 e. The third-order valence-corrected chi connectivity index (χ3v) is 3.69. The fraction of sp³-hybridized carbons (Fsp3) is 0.533.